The van der Waals surface area contributed by atoms with E-state index >= 15 is 0 Å². The highest BCUT2D eigenvalue weighted by Gasteiger charge is 2.17. The van der Waals surface area contributed by atoms with Crippen molar-refractivity contribution in [2.75, 3.05) is 5.32 Å². The van der Waals surface area contributed by atoms with E-state index in [-0.39, 0.29) is 11.8 Å². The summed E-state index contributed by atoms with van der Waals surface area (Å²) in [4.78, 5) is 16.7. The number of nitrogens with one attached hydrogen (secondary N) is 1. The minimum absolute atomic E-state index is 0.0504. The third kappa shape index (κ3) is 4.94. The Kier molecular flexibility index (Phi) is 5.51. The fourth-order valence-electron chi connectivity index (χ4n) is 2.79. The number of halogens is 1. The topological polar surface area (TPSA) is 46.9 Å². The smallest absolute Gasteiger partial charge is 0.226 e. The average molecular weight is 354 g/mol. The van der Waals surface area contributed by atoms with Crippen molar-refractivity contribution in [2.24, 2.45) is 0 Å². The van der Waals surface area contributed by atoms with Gasteiger partial charge in [0.05, 0.1) is 0 Å². The third-order valence-electron chi connectivity index (χ3n) is 4.05. The Morgan fingerprint density at radius 2 is 1.92 bits per heavy atom. The number of aromatic nitrogens is 2. The number of anilines is 1. The Bertz CT molecular complexity index is 828. The molecule has 3 aromatic rings. The number of pyridine rings is 1. The second-order valence-electron chi connectivity index (χ2n) is 6.10. The molecule has 25 heavy (non-hydrogen) atoms. The van der Waals surface area contributed by atoms with Crippen molar-refractivity contribution in [3.63, 3.8) is 0 Å². The Morgan fingerprint density at radius 3 is 2.60 bits per heavy atom. The van der Waals surface area contributed by atoms with Crippen LogP contribution in [0.1, 0.15) is 23.5 Å². The van der Waals surface area contributed by atoms with Gasteiger partial charge < -0.3 is 9.88 Å². The van der Waals surface area contributed by atoms with E-state index in [1.54, 1.807) is 6.20 Å². The Labute approximate surface area is 152 Å². The molecular weight excluding hydrogens is 334 g/mol. The van der Waals surface area contributed by atoms with Crippen LogP contribution in [-0.2, 0) is 11.3 Å². The maximum Gasteiger partial charge on any atom is 0.226 e. The van der Waals surface area contributed by atoms with E-state index in [2.05, 4.69) is 14.9 Å². The second kappa shape index (κ2) is 7.99. The van der Waals surface area contributed by atoms with Crippen molar-refractivity contribution in [2.45, 2.75) is 25.8 Å². The number of carbonyl (C=O) groups is 1. The molecule has 2 aromatic heterocycles. The predicted molar refractivity (Wildman–Crippen MR) is 101 cm³/mol. The molecule has 1 N–H and O–H groups in total. The van der Waals surface area contributed by atoms with Gasteiger partial charge in [-0.3, -0.25) is 4.79 Å². The van der Waals surface area contributed by atoms with Crippen molar-refractivity contribution < 1.29 is 4.79 Å². The minimum Gasteiger partial charge on any atom is -0.354 e. The monoisotopic (exact) mass is 353 g/mol. The second-order valence-corrected chi connectivity index (χ2v) is 6.54. The van der Waals surface area contributed by atoms with E-state index in [0.29, 0.717) is 17.3 Å². The highest BCUT2D eigenvalue weighted by atomic mass is 35.5. The van der Waals surface area contributed by atoms with Gasteiger partial charge >= 0.3 is 0 Å². The molecule has 0 radical (unpaired) electrons. The van der Waals surface area contributed by atoms with E-state index < -0.39 is 0 Å². The molecule has 0 unspecified atom stereocenters. The zero-order valence-corrected chi connectivity index (χ0v) is 14.8. The first kappa shape index (κ1) is 17.2. The van der Waals surface area contributed by atoms with Crippen molar-refractivity contribution in [1.82, 2.24) is 9.55 Å². The molecule has 1 aromatic carbocycles. The summed E-state index contributed by atoms with van der Waals surface area (Å²) < 4.78 is 2.08. The van der Waals surface area contributed by atoms with Crippen LogP contribution >= 0.6 is 11.6 Å². The van der Waals surface area contributed by atoms with Crippen LogP contribution in [0.4, 0.5) is 5.82 Å². The Hall–Kier alpha value is -2.59. The molecule has 0 aliphatic carbocycles. The van der Waals surface area contributed by atoms with E-state index in [1.807, 2.05) is 67.8 Å². The van der Waals surface area contributed by atoms with Gasteiger partial charge in [0.2, 0.25) is 5.91 Å². The van der Waals surface area contributed by atoms with Gasteiger partial charge in [0.1, 0.15) is 5.82 Å². The molecule has 0 fully saturated rings. The van der Waals surface area contributed by atoms with Crippen LogP contribution in [0.3, 0.4) is 0 Å². The van der Waals surface area contributed by atoms with Crippen molar-refractivity contribution in [1.29, 1.82) is 0 Å². The summed E-state index contributed by atoms with van der Waals surface area (Å²) in [6, 6.07) is 15.4. The number of hydrogen-bond donors (Lipinski definition) is 1. The predicted octanol–water partition coefficient (Wildman–Crippen LogP) is 4.66. The van der Waals surface area contributed by atoms with Crippen LogP contribution in [0.15, 0.2) is 67.1 Å². The first-order valence-electron chi connectivity index (χ1n) is 8.19. The summed E-state index contributed by atoms with van der Waals surface area (Å²) in [5, 5.41) is 3.58. The highest BCUT2D eigenvalue weighted by Crippen LogP contribution is 2.24. The molecular formula is C20H20ClN3O. The van der Waals surface area contributed by atoms with Crippen LogP contribution in [0.5, 0.6) is 0 Å². The number of carbonyl (C=O) groups excluding carboxylic acids is 1. The van der Waals surface area contributed by atoms with Crippen molar-refractivity contribution in [3.05, 3.63) is 83.3 Å². The molecule has 3 rings (SSSR count). The Morgan fingerprint density at radius 1 is 1.20 bits per heavy atom. The minimum atomic E-state index is -0.0507. The zero-order valence-electron chi connectivity index (χ0n) is 14.0. The summed E-state index contributed by atoms with van der Waals surface area (Å²) in [7, 11) is 0. The summed E-state index contributed by atoms with van der Waals surface area (Å²) in [6.07, 6.45) is 6.07. The lowest BCUT2D eigenvalue weighted by molar-refractivity contribution is -0.116. The van der Waals surface area contributed by atoms with Crippen LogP contribution in [0, 0.1) is 6.92 Å². The molecule has 1 amide bonds. The molecule has 0 bridgehead atoms. The van der Waals surface area contributed by atoms with Gasteiger partial charge in [-0.15, -0.1) is 0 Å². The molecule has 0 aliphatic rings. The molecule has 1 atom stereocenters. The summed E-state index contributed by atoms with van der Waals surface area (Å²) in [5.41, 5.74) is 2.15. The third-order valence-corrected chi connectivity index (χ3v) is 4.31. The number of nitrogens with zero attached hydrogens (tertiary/aromatic N) is 2. The highest BCUT2D eigenvalue weighted by molar-refractivity contribution is 6.30. The number of hydrogen-bond acceptors (Lipinski definition) is 2. The maximum absolute atomic E-state index is 12.5. The van der Waals surface area contributed by atoms with E-state index in [1.165, 1.54) is 0 Å². The summed E-state index contributed by atoms with van der Waals surface area (Å²) in [5.74, 6) is 0.584. The standard InChI is InChI=1S/C20H20ClN3O/c1-15-8-9-22-19(12-15)23-20(25)13-17(14-24-10-2-3-11-24)16-4-6-18(21)7-5-16/h2-12,17H,13-14H2,1H3,(H,22,23,25)/t17-/m1/s1. The summed E-state index contributed by atoms with van der Waals surface area (Å²) in [6.45, 7) is 2.70. The normalized spacial score (nSPS) is 11.9. The zero-order chi connectivity index (χ0) is 17.6. The fraction of sp³-hybridized carbons (Fsp3) is 0.200. The van der Waals surface area contributed by atoms with Crippen LogP contribution in [-0.4, -0.2) is 15.5 Å². The molecule has 0 saturated heterocycles. The lowest BCUT2D eigenvalue weighted by Crippen LogP contribution is -2.19. The van der Waals surface area contributed by atoms with E-state index in [4.69, 9.17) is 11.6 Å². The van der Waals surface area contributed by atoms with Crippen molar-refractivity contribution in [3.8, 4) is 0 Å². The molecule has 128 valence electrons. The van der Waals surface area contributed by atoms with Gasteiger partial charge in [0, 0.05) is 42.5 Å². The first-order chi connectivity index (χ1) is 12.1. The van der Waals surface area contributed by atoms with Crippen LogP contribution in [0.2, 0.25) is 5.02 Å². The van der Waals surface area contributed by atoms with Gasteiger partial charge in [-0.05, 0) is 54.4 Å². The largest absolute Gasteiger partial charge is 0.354 e. The molecule has 4 nitrogen and oxygen atoms in total. The molecule has 0 saturated carbocycles. The number of amides is 1. The first-order valence-corrected chi connectivity index (χ1v) is 8.56. The van der Waals surface area contributed by atoms with Crippen molar-refractivity contribution >= 4 is 23.3 Å². The molecule has 2 heterocycles. The van der Waals surface area contributed by atoms with E-state index in [9.17, 15) is 4.79 Å². The van der Waals surface area contributed by atoms with Gasteiger partial charge in [-0.25, -0.2) is 4.98 Å². The van der Waals surface area contributed by atoms with E-state index in [0.717, 1.165) is 17.7 Å². The summed E-state index contributed by atoms with van der Waals surface area (Å²) >= 11 is 5.99. The van der Waals surface area contributed by atoms with Gasteiger partial charge in [-0.1, -0.05) is 23.7 Å². The molecule has 0 spiro atoms. The van der Waals surface area contributed by atoms with Gasteiger partial charge in [0.15, 0.2) is 0 Å². The fourth-order valence-corrected chi connectivity index (χ4v) is 2.92. The SMILES string of the molecule is Cc1ccnc(NC(=O)C[C@H](Cn2cccc2)c2ccc(Cl)cc2)c1. The molecule has 0 aliphatic heterocycles. The van der Waals surface area contributed by atoms with Gasteiger partial charge in [-0.2, -0.15) is 0 Å². The quantitative estimate of drug-likeness (QED) is 0.700. The maximum atomic E-state index is 12.5. The molecule has 5 heteroatoms. The average Bonchev–Trinajstić information content (AvgIpc) is 3.08. The Balaban J connectivity index is 1.74. The lowest BCUT2D eigenvalue weighted by atomic mass is 9.95. The number of aryl methyl sites for hydroxylation is 1. The lowest BCUT2D eigenvalue weighted by Gasteiger charge is -2.18. The number of benzene rings is 1. The van der Waals surface area contributed by atoms with Crippen LogP contribution < -0.4 is 5.32 Å². The van der Waals surface area contributed by atoms with Crippen LogP contribution in [0.25, 0.3) is 0 Å². The number of rotatable bonds is 6. The van der Waals surface area contributed by atoms with Gasteiger partial charge in [0.25, 0.3) is 0 Å².